The van der Waals surface area contributed by atoms with E-state index in [0.717, 1.165) is 19.1 Å². The van der Waals surface area contributed by atoms with Crippen molar-refractivity contribution in [2.75, 3.05) is 18.4 Å². The molecule has 1 fully saturated rings. The maximum Gasteiger partial charge on any atom is 0.0376 e. The lowest BCUT2D eigenvalue weighted by atomic mass is 10.0. The second-order valence-corrected chi connectivity index (χ2v) is 4.60. The molecule has 80 valence electrons. The Morgan fingerprint density at radius 1 is 1.33 bits per heavy atom. The average Bonchev–Trinajstić information content (AvgIpc) is 2.95. The third-order valence-electron chi connectivity index (χ3n) is 3.37. The summed E-state index contributed by atoms with van der Waals surface area (Å²) in [6.07, 6.45) is 5.15. The first kappa shape index (κ1) is 9.22. The molecule has 1 saturated carbocycles. The lowest BCUT2D eigenvalue weighted by Gasteiger charge is -2.08. The van der Waals surface area contributed by atoms with Gasteiger partial charge in [-0.25, -0.2) is 0 Å². The van der Waals surface area contributed by atoms with Crippen molar-refractivity contribution < 1.29 is 0 Å². The highest BCUT2D eigenvalue weighted by molar-refractivity contribution is 5.58. The largest absolute Gasteiger partial charge is 0.384 e. The monoisotopic (exact) mass is 202 g/mol. The molecule has 1 heterocycles. The lowest BCUT2D eigenvalue weighted by molar-refractivity contribution is 0.680. The van der Waals surface area contributed by atoms with Gasteiger partial charge in [-0.15, -0.1) is 0 Å². The third kappa shape index (κ3) is 2.00. The SMILES string of the molecule is c1cc(CCNC2CC2)c2c(c1)NCC2. The van der Waals surface area contributed by atoms with Crippen molar-refractivity contribution in [1.82, 2.24) is 5.32 Å². The quantitative estimate of drug-likeness (QED) is 0.780. The topological polar surface area (TPSA) is 24.1 Å². The predicted octanol–water partition coefficient (Wildman–Crippen LogP) is 1.95. The molecule has 0 atom stereocenters. The first-order valence-corrected chi connectivity index (χ1v) is 6.01. The van der Waals surface area contributed by atoms with E-state index in [-0.39, 0.29) is 0 Å². The lowest BCUT2D eigenvalue weighted by Crippen LogP contribution is -2.19. The predicted molar refractivity (Wildman–Crippen MR) is 63.4 cm³/mol. The molecule has 1 aromatic rings. The van der Waals surface area contributed by atoms with Crippen LogP contribution in [0.4, 0.5) is 5.69 Å². The summed E-state index contributed by atoms with van der Waals surface area (Å²) in [5.74, 6) is 0. The van der Waals surface area contributed by atoms with E-state index in [4.69, 9.17) is 0 Å². The van der Waals surface area contributed by atoms with Gasteiger partial charge >= 0.3 is 0 Å². The van der Waals surface area contributed by atoms with Gasteiger partial charge in [0.1, 0.15) is 0 Å². The van der Waals surface area contributed by atoms with Crippen LogP contribution < -0.4 is 10.6 Å². The number of fused-ring (bicyclic) bond motifs is 1. The molecule has 2 aliphatic rings. The van der Waals surface area contributed by atoms with E-state index in [1.54, 1.807) is 5.56 Å². The summed E-state index contributed by atoms with van der Waals surface area (Å²) >= 11 is 0. The van der Waals surface area contributed by atoms with Crippen LogP contribution in [0.25, 0.3) is 0 Å². The molecule has 1 aliphatic carbocycles. The summed E-state index contributed by atoms with van der Waals surface area (Å²) in [5, 5.41) is 7.01. The van der Waals surface area contributed by atoms with E-state index in [1.807, 2.05) is 0 Å². The van der Waals surface area contributed by atoms with Gasteiger partial charge in [0.2, 0.25) is 0 Å². The molecule has 3 rings (SSSR count). The number of rotatable bonds is 4. The van der Waals surface area contributed by atoms with Gasteiger partial charge < -0.3 is 10.6 Å². The molecule has 0 bridgehead atoms. The van der Waals surface area contributed by atoms with Gasteiger partial charge in [-0.2, -0.15) is 0 Å². The summed E-state index contributed by atoms with van der Waals surface area (Å²) in [5.41, 5.74) is 4.44. The Morgan fingerprint density at radius 2 is 2.27 bits per heavy atom. The van der Waals surface area contributed by atoms with Crippen LogP contribution in [0.15, 0.2) is 18.2 Å². The summed E-state index contributed by atoms with van der Waals surface area (Å²) in [6.45, 7) is 2.25. The van der Waals surface area contributed by atoms with E-state index in [1.165, 1.54) is 36.9 Å². The first-order valence-electron chi connectivity index (χ1n) is 6.01. The Balaban J connectivity index is 1.65. The minimum absolute atomic E-state index is 0.833. The Bertz CT molecular complexity index is 356. The smallest absolute Gasteiger partial charge is 0.0376 e. The van der Waals surface area contributed by atoms with Crippen LogP contribution in [0.2, 0.25) is 0 Å². The van der Waals surface area contributed by atoms with Crippen LogP contribution >= 0.6 is 0 Å². The van der Waals surface area contributed by atoms with Gasteiger partial charge in [0.25, 0.3) is 0 Å². The van der Waals surface area contributed by atoms with Gasteiger partial charge in [0.05, 0.1) is 0 Å². The minimum atomic E-state index is 0.833. The Hall–Kier alpha value is -1.02. The fourth-order valence-electron chi connectivity index (χ4n) is 2.35. The zero-order chi connectivity index (χ0) is 10.1. The van der Waals surface area contributed by atoms with Gasteiger partial charge in [-0.1, -0.05) is 12.1 Å². The molecule has 2 nitrogen and oxygen atoms in total. The highest BCUT2D eigenvalue weighted by Crippen LogP contribution is 2.26. The van der Waals surface area contributed by atoms with E-state index < -0.39 is 0 Å². The number of hydrogen-bond acceptors (Lipinski definition) is 2. The third-order valence-corrected chi connectivity index (χ3v) is 3.37. The second-order valence-electron chi connectivity index (χ2n) is 4.60. The van der Waals surface area contributed by atoms with E-state index in [9.17, 15) is 0 Å². The van der Waals surface area contributed by atoms with E-state index in [2.05, 4.69) is 28.8 Å². The normalized spacial score (nSPS) is 18.7. The second kappa shape index (κ2) is 3.86. The zero-order valence-electron chi connectivity index (χ0n) is 9.05. The standard InChI is InChI=1S/C13H18N2/c1-2-10(6-8-14-11-4-5-11)12-7-9-15-13(12)3-1/h1-3,11,14-15H,4-9H2. The molecule has 0 saturated heterocycles. The van der Waals surface area contributed by atoms with Crippen LogP contribution in [-0.4, -0.2) is 19.1 Å². The molecule has 0 radical (unpaired) electrons. The van der Waals surface area contributed by atoms with Gasteiger partial charge in [-0.05, 0) is 49.4 Å². The summed E-state index contributed by atoms with van der Waals surface area (Å²) in [4.78, 5) is 0. The number of benzene rings is 1. The Morgan fingerprint density at radius 3 is 3.13 bits per heavy atom. The van der Waals surface area contributed by atoms with Crippen LogP contribution in [0.5, 0.6) is 0 Å². The van der Waals surface area contributed by atoms with Gasteiger partial charge in [-0.3, -0.25) is 0 Å². The fraction of sp³-hybridized carbons (Fsp3) is 0.538. The van der Waals surface area contributed by atoms with Crippen molar-refractivity contribution in [3.05, 3.63) is 29.3 Å². The molecule has 0 spiro atoms. The Kier molecular flexibility index (Phi) is 2.37. The summed E-state index contributed by atoms with van der Waals surface area (Å²) < 4.78 is 0. The van der Waals surface area contributed by atoms with Crippen LogP contribution in [0.3, 0.4) is 0 Å². The summed E-state index contributed by atoms with van der Waals surface area (Å²) in [7, 11) is 0. The molecule has 2 N–H and O–H groups in total. The van der Waals surface area contributed by atoms with Crippen molar-refractivity contribution in [3.63, 3.8) is 0 Å². The molecule has 0 unspecified atom stereocenters. The Labute approximate surface area is 91.1 Å². The number of hydrogen-bond donors (Lipinski definition) is 2. The summed E-state index contributed by atoms with van der Waals surface area (Å²) in [6, 6.07) is 7.48. The molecular weight excluding hydrogens is 184 g/mol. The van der Waals surface area contributed by atoms with Crippen molar-refractivity contribution in [3.8, 4) is 0 Å². The minimum Gasteiger partial charge on any atom is -0.384 e. The first-order chi connectivity index (χ1) is 7.43. The highest BCUT2D eigenvalue weighted by Gasteiger charge is 2.20. The van der Waals surface area contributed by atoms with Gasteiger partial charge in [0, 0.05) is 18.3 Å². The molecule has 0 aromatic heterocycles. The van der Waals surface area contributed by atoms with E-state index in [0.29, 0.717) is 0 Å². The molecule has 1 aliphatic heterocycles. The maximum atomic E-state index is 3.58. The van der Waals surface area contributed by atoms with Gasteiger partial charge in [0.15, 0.2) is 0 Å². The molecule has 15 heavy (non-hydrogen) atoms. The highest BCUT2D eigenvalue weighted by atomic mass is 14.9. The van der Waals surface area contributed by atoms with Crippen LogP contribution in [0.1, 0.15) is 24.0 Å². The molecule has 2 heteroatoms. The number of anilines is 1. The van der Waals surface area contributed by atoms with Crippen LogP contribution in [-0.2, 0) is 12.8 Å². The maximum absolute atomic E-state index is 3.58. The molecule has 0 amide bonds. The average molecular weight is 202 g/mol. The van der Waals surface area contributed by atoms with Crippen molar-refractivity contribution in [1.29, 1.82) is 0 Å². The van der Waals surface area contributed by atoms with Crippen LogP contribution in [0, 0.1) is 0 Å². The molecule has 1 aromatic carbocycles. The van der Waals surface area contributed by atoms with Crippen molar-refractivity contribution >= 4 is 5.69 Å². The zero-order valence-corrected chi connectivity index (χ0v) is 9.05. The number of nitrogens with one attached hydrogen (secondary N) is 2. The molecular formula is C13H18N2. The van der Waals surface area contributed by atoms with Crippen molar-refractivity contribution in [2.24, 2.45) is 0 Å². The van der Waals surface area contributed by atoms with Crippen molar-refractivity contribution in [2.45, 2.75) is 31.7 Å². The van der Waals surface area contributed by atoms with E-state index >= 15 is 0 Å². The fourth-order valence-corrected chi connectivity index (χ4v) is 2.35.